The third-order valence-corrected chi connectivity index (χ3v) is 5.68. The molecule has 0 atom stereocenters. The number of halogens is 1. The fourth-order valence-electron chi connectivity index (χ4n) is 3.54. The first-order valence-electron chi connectivity index (χ1n) is 13.4. The molecule has 0 aliphatic rings. The zero-order valence-corrected chi connectivity index (χ0v) is 23.4. The minimum absolute atomic E-state index is 0. The predicted octanol–water partition coefficient (Wildman–Crippen LogP) is 3.39. The molecule has 0 saturated heterocycles. The van der Waals surface area contributed by atoms with Crippen molar-refractivity contribution >= 4 is 5.97 Å². The molecule has 0 spiro atoms. The lowest BCUT2D eigenvalue weighted by Gasteiger charge is -2.23. The SMILES string of the molecule is CC(C)CCCCCCCCCCCCCCC(=O)OCCOCCOCC[N+](C)(C)C.[Cl-]. The molecule has 0 heterocycles. The number of quaternary nitrogens is 1. The number of ether oxygens (including phenoxy) is 3. The van der Waals surface area contributed by atoms with Crippen molar-refractivity contribution in [3.8, 4) is 0 Å². The van der Waals surface area contributed by atoms with Crippen LogP contribution in [0.3, 0.4) is 0 Å². The molecule has 0 amide bonds. The summed E-state index contributed by atoms with van der Waals surface area (Å²) in [5, 5.41) is 0. The highest BCUT2D eigenvalue weighted by atomic mass is 35.5. The van der Waals surface area contributed by atoms with E-state index in [0.29, 0.717) is 32.8 Å². The van der Waals surface area contributed by atoms with E-state index in [4.69, 9.17) is 14.2 Å². The van der Waals surface area contributed by atoms with Gasteiger partial charge in [-0.05, 0) is 12.3 Å². The molecule has 0 aromatic heterocycles. The van der Waals surface area contributed by atoms with Crippen LogP contribution in [0, 0.1) is 5.92 Å². The molecule has 200 valence electrons. The van der Waals surface area contributed by atoms with Crippen molar-refractivity contribution in [3.05, 3.63) is 0 Å². The van der Waals surface area contributed by atoms with Crippen molar-refractivity contribution in [2.45, 2.75) is 104 Å². The van der Waals surface area contributed by atoms with Gasteiger partial charge in [0.25, 0.3) is 0 Å². The highest BCUT2D eigenvalue weighted by Crippen LogP contribution is 2.14. The molecular weight excluding hydrogens is 438 g/mol. The molecule has 0 N–H and O–H groups in total. The van der Waals surface area contributed by atoms with E-state index in [2.05, 4.69) is 35.0 Å². The Bertz CT molecular complexity index is 413. The summed E-state index contributed by atoms with van der Waals surface area (Å²) in [6, 6.07) is 0. The van der Waals surface area contributed by atoms with Crippen LogP contribution in [-0.4, -0.2) is 71.2 Å². The number of hydrogen-bond donors (Lipinski definition) is 0. The van der Waals surface area contributed by atoms with Crippen LogP contribution >= 0.6 is 0 Å². The van der Waals surface area contributed by atoms with Gasteiger partial charge in [0, 0.05) is 6.42 Å². The highest BCUT2D eigenvalue weighted by molar-refractivity contribution is 5.69. The van der Waals surface area contributed by atoms with Crippen molar-refractivity contribution in [2.75, 3.05) is 60.7 Å². The molecule has 0 aliphatic heterocycles. The molecule has 0 bridgehead atoms. The Morgan fingerprint density at radius 2 is 1.06 bits per heavy atom. The van der Waals surface area contributed by atoms with Crippen LogP contribution in [0.25, 0.3) is 0 Å². The fourth-order valence-corrected chi connectivity index (χ4v) is 3.54. The van der Waals surface area contributed by atoms with E-state index in [1.54, 1.807) is 0 Å². The van der Waals surface area contributed by atoms with Gasteiger partial charge in [0.1, 0.15) is 13.2 Å². The molecule has 0 aromatic carbocycles. The summed E-state index contributed by atoms with van der Waals surface area (Å²) >= 11 is 0. The number of rotatable bonds is 24. The van der Waals surface area contributed by atoms with Gasteiger partial charge < -0.3 is 31.1 Å². The van der Waals surface area contributed by atoms with Crippen molar-refractivity contribution in [1.29, 1.82) is 0 Å². The van der Waals surface area contributed by atoms with Crippen LogP contribution in [-0.2, 0) is 19.0 Å². The first kappa shape index (κ1) is 34.8. The Morgan fingerprint density at radius 3 is 1.55 bits per heavy atom. The van der Waals surface area contributed by atoms with Gasteiger partial charge in [-0.15, -0.1) is 0 Å². The minimum atomic E-state index is -0.0961. The number of carbonyl (C=O) groups excluding carboxylic acids is 1. The summed E-state index contributed by atoms with van der Waals surface area (Å²) in [6.45, 7) is 8.28. The van der Waals surface area contributed by atoms with E-state index in [9.17, 15) is 4.79 Å². The number of hydrogen-bond acceptors (Lipinski definition) is 4. The van der Waals surface area contributed by atoms with Gasteiger partial charge in [-0.25, -0.2) is 0 Å². The average Bonchev–Trinajstić information content (AvgIpc) is 2.71. The van der Waals surface area contributed by atoms with Crippen molar-refractivity contribution in [1.82, 2.24) is 0 Å². The molecule has 0 aliphatic carbocycles. The maximum atomic E-state index is 11.7. The zero-order valence-electron chi connectivity index (χ0n) is 22.7. The van der Waals surface area contributed by atoms with Crippen molar-refractivity contribution in [3.63, 3.8) is 0 Å². The van der Waals surface area contributed by atoms with Gasteiger partial charge in [-0.2, -0.15) is 0 Å². The molecule has 5 nitrogen and oxygen atoms in total. The standard InChI is InChI=1S/C27H56NO4.ClH/c1-26(2)18-16-14-12-10-8-6-7-9-11-13-15-17-19-27(29)32-25-24-31-23-22-30-21-20-28(3,4)5;/h26H,6-25H2,1-5H3;1H/q+1;/p-1. The Labute approximate surface area is 212 Å². The van der Waals surface area contributed by atoms with Gasteiger partial charge in [-0.3, -0.25) is 4.79 Å². The van der Waals surface area contributed by atoms with Gasteiger partial charge in [-0.1, -0.05) is 90.9 Å². The maximum Gasteiger partial charge on any atom is 0.305 e. The minimum Gasteiger partial charge on any atom is -1.00 e. The lowest BCUT2D eigenvalue weighted by Crippen LogP contribution is -3.00. The first-order chi connectivity index (χ1) is 15.3. The van der Waals surface area contributed by atoms with E-state index < -0.39 is 0 Å². The molecule has 0 rings (SSSR count). The second-order valence-corrected chi connectivity index (χ2v) is 10.6. The number of nitrogens with zero attached hydrogens (tertiary/aromatic N) is 1. The van der Waals surface area contributed by atoms with Gasteiger partial charge >= 0.3 is 5.97 Å². The summed E-state index contributed by atoms with van der Waals surface area (Å²) in [5.41, 5.74) is 0. The van der Waals surface area contributed by atoms with Crippen molar-refractivity contribution in [2.24, 2.45) is 5.92 Å². The Kier molecular flexibility index (Phi) is 26.1. The summed E-state index contributed by atoms with van der Waals surface area (Å²) in [5.74, 6) is 0.764. The Balaban J connectivity index is 0. The summed E-state index contributed by atoms with van der Waals surface area (Å²) < 4.78 is 17.1. The number of unbranched alkanes of at least 4 members (excludes halogenated alkanes) is 11. The Morgan fingerprint density at radius 1 is 0.636 bits per heavy atom. The topological polar surface area (TPSA) is 44.8 Å². The monoisotopic (exact) mass is 493 g/mol. The molecule has 0 radical (unpaired) electrons. The lowest BCUT2D eigenvalue weighted by molar-refractivity contribution is -0.870. The largest absolute Gasteiger partial charge is 1.00 e. The summed E-state index contributed by atoms with van der Waals surface area (Å²) in [7, 11) is 6.44. The quantitative estimate of drug-likeness (QED) is 0.117. The summed E-state index contributed by atoms with van der Waals surface area (Å²) in [6.07, 6.45) is 17.7. The molecule has 6 heteroatoms. The second-order valence-electron chi connectivity index (χ2n) is 10.6. The van der Waals surface area contributed by atoms with E-state index in [0.717, 1.165) is 36.4 Å². The molecule has 0 aromatic rings. The first-order valence-corrected chi connectivity index (χ1v) is 13.4. The second kappa shape index (κ2) is 24.8. The fraction of sp³-hybridized carbons (Fsp3) is 0.963. The number of esters is 1. The van der Waals surface area contributed by atoms with Crippen LogP contribution in [0.4, 0.5) is 0 Å². The highest BCUT2D eigenvalue weighted by Gasteiger charge is 2.06. The van der Waals surface area contributed by atoms with Crippen LogP contribution < -0.4 is 12.4 Å². The van der Waals surface area contributed by atoms with Crippen molar-refractivity contribution < 1.29 is 35.9 Å². The molecule has 0 unspecified atom stereocenters. The lowest BCUT2D eigenvalue weighted by atomic mass is 10.0. The van der Waals surface area contributed by atoms with E-state index in [1.165, 1.54) is 70.6 Å². The van der Waals surface area contributed by atoms with Gasteiger partial charge in [0.05, 0.1) is 47.6 Å². The normalized spacial score (nSPS) is 11.6. The van der Waals surface area contributed by atoms with E-state index >= 15 is 0 Å². The van der Waals surface area contributed by atoms with E-state index in [-0.39, 0.29) is 18.4 Å². The molecular formula is C27H56ClNO4. The predicted molar refractivity (Wildman–Crippen MR) is 135 cm³/mol. The molecule has 33 heavy (non-hydrogen) atoms. The zero-order chi connectivity index (χ0) is 23.9. The van der Waals surface area contributed by atoms with Crippen LogP contribution in [0.2, 0.25) is 0 Å². The van der Waals surface area contributed by atoms with Crippen LogP contribution in [0.15, 0.2) is 0 Å². The number of likely N-dealkylation sites (N-methyl/N-ethyl adjacent to an activating group) is 1. The summed E-state index contributed by atoms with van der Waals surface area (Å²) in [4.78, 5) is 11.7. The maximum absolute atomic E-state index is 11.7. The van der Waals surface area contributed by atoms with Gasteiger partial charge in [0.15, 0.2) is 0 Å². The van der Waals surface area contributed by atoms with Gasteiger partial charge in [0.2, 0.25) is 0 Å². The Hall–Kier alpha value is -0.360. The smallest absolute Gasteiger partial charge is 0.305 e. The molecule has 0 fully saturated rings. The third kappa shape index (κ3) is 31.6. The van der Waals surface area contributed by atoms with Crippen LogP contribution in [0.5, 0.6) is 0 Å². The molecule has 0 saturated carbocycles. The average molecular weight is 494 g/mol. The number of carbonyl (C=O) groups is 1. The third-order valence-electron chi connectivity index (χ3n) is 5.68. The van der Waals surface area contributed by atoms with Crippen LogP contribution in [0.1, 0.15) is 104 Å². The van der Waals surface area contributed by atoms with E-state index in [1.807, 2.05) is 0 Å².